The van der Waals surface area contributed by atoms with E-state index in [2.05, 4.69) is 15.5 Å². The Morgan fingerprint density at radius 1 is 1.52 bits per heavy atom. The van der Waals surface area contributed by atoms with Gasteiger partial charge in [-0.3, -0.25) is 0 Å². The molecule has 0 saturated carbocycles. The molecule has 1 N–H and O–H groups in total. The summed E-state index contributed by atoms with van der Waals surface area (Å²) in [5.41, 5.74) is 0.548. The van der Waals surface area contributed by atoms with E-state index in [4.69, 9.17) is 20.9 Å². The molecule has 1 unspecified atom stereocenters. The smallest absolute Gasteiger partial charge is 0.321 e. The van der Waals surface area contributed by atoms with Crippen LogP contribution in [0.25, 0.3) is 0 Å². The summed E-state index contributed by atoms with van der Waals surface area (Å²) in [5.74, 6) is 1.30. The Labute approximate surface area is 138 Å². The molecule has 1 fully saturated rings. The lowest BCUT2D eigenvalue weighted by molar-refractivity contribution is 0.190. The summed E-state index contributed by atoms with van der Waals surface area (Å²) in [6, 6.07) is 4.90. The Morgan fingerprint density at radius 3 is 3.13 bits per heavy atom. The zero-order chi connectivity index (χ0) is 16.2. The fourth-order valence-corrected chi connectivity index (χ4v) is 2.88. The molecule has 7 nitrogen and oxygen atoms in total. The van der Waals surface area contributed by atoms with Crippen molar-refractivity contribution in [3.05, 3.63) is 35.4 Å². The molecule has 1 aliphatic rings. The van der Waals surface area contributed by atoms with Crippen molar-refractivity contribution in [2.24, 2.45) is 0 Å². The van der Waals surface area contributed by atoms with Crippen molar-refractivity contribution in [2.75, 3.05) is 25.5 Å². The first-order valence-electron chi connectivity index (χ1n) is 7.33. The van der Waals surface area contributed by atoms with Gasteiger partial charge in [-0.15, -0.1) is 0 Å². The van der Waals surface area contributed by atoms with Crippen LogP contribution < -0.4 is 10.1 Å². The molecular formula is C15H17ClN4O3. The van der Waals surface area contributed by atoms with Gasteiger partial charge >= 0.3 is 6.03 Å². The first kappa shape index (κ1) is 15.6. The molecule has 0 radical (unpaired) electrons. The van der Waals surface area contributed by atoms with E-state index < -0.39 is 0 Å². The maximum absolute atomic E-state index is 12.5. The van der Waals surface area contributed by atoms with Crippen LogP contribution in [0.4, 0.5) is 10.5 Å². The van der Waals surface area contributed by atoms with Gasteiger partial charge in [-0.1, -0.05) is 16.8 Å². The SMILES string of the molecule is COc1ccc(Cl)cc1NC(=O)N1CCCC(c2ncon2)C1. The van der Waals surface area contributed by atoms with E-state index in [0.29, 0.717) is 35.4 Å². The van der Waals surface area contributed by atoms with Gasteiger partial charge < -0.3 is 19.5 Å². The quantitative estimate of drug-likeness (QED) is 0.931. The van der Waals surface area contributed by atoms with Crippen LogP contribution in [-0.4, -0.2) is 41.3 Å². The van der Waals surface area contributed by atoms with Crippen LogP contribution in [0.3, 0.4) is 0 Å². The number of carbonyl (C=O) groups is 1. The predicted octanol–water partition coefficient (Wildman–Crippen LogP) is 3.14. The third-order valence-corrected chi connectivity index (χ3v) is 4.09. The summed E-state index contributed by atoms with van der Waals surface area (Å²) < 4.78 is 10.0. The third kappa shape index (κ3) is 3.56. The average Bonchev–Trinajstić information content (AvgIpc) is 3.10. The zero-order valence-corrected chi connectivity index (χ0v) is 13.4. The van der Waals surface area contributed by atoms with E-state index in [9.17, 15) is 4.79 Å². The molecule has 1 saturated heterocycles. The molecule has 0 bridgehead atoms. The third-order valence-electron chi connectivity index (χ3n) is 3.86. The summed E-state index contributed by atoms with van der Waals surface area (Å²) in [7, 11) is 1.55. The molecule has 8 heteroatoms. The molecule has 1 aromatic carbocycles. The molecule has 2 heterocycles. The van der Waals surface area contributed by atoms with Crippen LogP contribution in [0.5, 0.6) is 5.75 Å². The number of benzene rings is 1. The number of methoxy groups -OCH3 is 1. The number of amides is 2. The van der Waals surface area contributed by atoms with Crippen molar-refractivity contribution in [1.82, 2.24) is 15.0 Å². The zero-order valence-electron chi connectivity index (χ0n) is 12.7. The van der Waals surface area contributed by atoms with Gasteiger partial charge in [-0.05, 0) is 31.0 Å². The van der Waals surface area contributed by atoms with Gasteiger partial charge in [0.1, 0.15) is 5.75 Å². The standard InChI is InChI=1S/C15H17ClN4O3/c1-22-13-5-4-11(16)7-12(13)18-15(21)20-6-2-3-10(8-20)14-17-9-23-19-14/h4-5,7,9-10H,2-3,6,8H2,1H3,(H,18,21). The number of hydrogen-bond donors (Lipinski definition) is 1. The minimum atomic E-state index is -0.196. The number of likely N-dealkylation sites (tertiary alicyclic amines) is 1. The van der Waals surface area contributed by atoms with Gasteiger partial charge in [0.25, 0.3) is 0 Å². The van der Waals surface area contributed by atoms with Crippen LogP contribution in [0.15, 0.2) is 29.1 Å². The summed E-state index contributed by atoms with van der Waals surface area (Å²) >= 11 is 5.99. The number of nitrogens with zero attached hydrogens (tertiary/aromatic N) is 3. The lowest BCUT2D eigenvalue weighted by Crippen LogP contribution is -2.41. The second-order valence-electron chi connectivity index (χ2n) is 5.35. The van der Waals surface area contributed by atoms with Gasteiger partial charge in [-0.25, -0.2) is 4.79 Å². The number of piperidine rings is 1. The van der Waals surface area contributed by atoms with Gasteiger partial charge in [0.2, 0.25) is 6.39 Å². The number of rotatable bonds is 3. The van der Waals surface area contributed by atoms with Crippen molar-refractivity contribution in [3.8, 4) is 5.75 Å². The van der Waals surface area contributed by atoms with Gasteiger partial charge in [-0.2, -0.15) is 4.98 Å². The van der Waals surface area contributed by atoms with Crippen LogP contribution in [0, 0.1) is 0 Å². The molecule has 122 valence electrons. The van der Waals surface area contributed by atoms with E-state index in [-0.39, 0.29) is 11.9 Å². The highest BCUT2D eigenvalue weighted by Gasteiger charge is 2.27. The van der Waals surface area contributed by atoms with Crippen LogP contribution >= 0.6 is 11.6 Å². The van der Waals surface area contributed by atoms with E-state index >= 15 is 0 Å². The summed E-state index contributed by atoms with van der Waals surface area (Å²) in [5, 5.41) is 7.26. The molecule has 0 aliphatic carbocycles. The van der Waals surface area contributed by atoms with E-state index in [1.165, 1.54) is 6.39 Å². The largest absolute Gasteiger partial charge is 0.495 e. The van der Waals surface area contributed by atoms with Crippen molar-refractivity contribution in [3.63, 3.8) is 0 Å². The minimum Gasteiger partial charge on any atom is -0.495 e. The van der Waals surface area contributed by atoms with Gasteiger partial charge in [0.05, 0.1) is 12.8 Å². The highest BCUT2D eigenvalue weighted by Crippen LogP contribution is 2.29. The van der Waals surface area contributed by atoms with Crippen molar-refractivity contribution < 1.29 is 14.1 Å². The number of urea groups is 1. The Hall–Kier alpha value is -2.28. The maximum Gasteiger partial charge on any atom is 0.321 e. The summed E-state index contributed by atoms with van der Waals surface area (Å²) in [6.45, 7) is 1.23. The van der Waals surface area contributed by atoms with E-state index in [1.54, 1.807) is 30.2 Å². The maximum atomic E-state index is 12.5. The Morgan fingerprint density at radius 2 is 2.39 bits per heavy atom. The number of hydrogen-bond acceptors (Lipinski definition) is 5. The number of anilines is 1. The fraction of sp³-hybridized carbons (Fsp3) is 0.400. The topological polar surface area (TPSA) is 80.5 Å². The fourth-order valence-electron chi connectivity index (χ4n) is 2.70. The van der Waals surface area contributed by atoms with Crippen LogP contribution in [0.2, 0.25) is 5.02 Å². The highest BCUT2D eigenvalue weighted by molar-refractivity contribution is 6.31. The number of halogens is 1. The van der Waals surface area contributed by atoms with E-state index in [0.717, 1.165) is 12.8 Å². The molecule has 0 spiro atoms. The highest BCUT2D eigenvalue weighted by atomic mass is 35.5. The second-order valence-corrected chi connectivity index (χ2v) is 5.79. The number of nitrogens with one attached hydrogen (secondary N) is 1. The Balaban J connectivity index is 1.69. The van der Waals surface area contributed by atoms with Crippen molar-refractivity contribution in [2.45, 2.75) is 18.8 Å². The molecule has 1 aliphatic heterocycles. The molecule has 1 aromatic heterocycles. The van der Waals surface area contributed by atoms with Crippen molar-refractivity contribution >= 4 is 23.3 Å². The summed E-state index contributed by atoms with van der Waals surface area (Å²) in [6.07, 6.45) is 3.13. The lowest BCUT2D eigenvalue weighted by Gasteiger charge is -2.31. The molecular weight excluding hydrogens is 320 g/mol. The van der Waals surface area contributed by atoms with Crippen LogP contribution in [-0.2, 0) is 0 Å². The number of carbonyl (C=O) groups excluding carboxylic acids is 1. The molecule has 1 atom stereocenters. The van der Waals surface area contributed by atoms with E-state index in [1.807, 2.05) is 0 Å². The number of ether oxygens (including phenoxy) is 1. The Kier molecular flexibility index (Phi) is 4.66. The molecule has 2 amide bonds. The van der Waals surface area contributed by atoms with Gasteiger partial charge in [0, 0.05) is 24.0 Å². The average molecular weight is 337 g/mol. The number of aromatic nitrogens is 2. The Bertz CT molecular complexity index is 677. The predicted molar refractivity (Wildman–Crippen MR) is 84.9 cm³/mol. The molecule has 2 aromatic rings. The lowest BCUT2D eigenvalue weighted by atomic mass is 9.98. The first-order chi connectivity index (χ1) is 11.2. The van der Waals surface area contributed by atoms with Gasteiger partial charge in [0.15, 0.2) is 5.82 Å². The monoisotopic (exact) mass is 336 g/mol. The molecule has 3 rings (SSSR count). The molecule has 23 heavy (non-hydrogen) atoms. The summed E-state index contributed by atoms with van der Waals surface area (Å²) in [4.78, 5) is 18.3. The normalized spacial score (nSPS) is 17.8. The second kappa shape index (κ2) is 6.87. The van der Waals surface area contributed by atoms with Crippen molar-refractivity contribution in [1.29, 1.82) is 0 Å². The minimum absolute atomic E-state index is 0.0921. The van der Waals surface area contributed by atoms with Crippen LogP contribution in [0.1, 0.15) is 24.6 Å². The first-order valence-corrected chi connectivity index (χ1v) is 7.71.